The second kappa shape index (κ2) is 9.76. The lowest BCUT2D eigenvalue weighted by atomic mass is 10.1. The molecule has 1 amide bonds. The van der Waals surface area contributed by atoms with Gasteiger partial charge in [0, 0.05) is 13.0 Å². The van der Waals surface area contributed by atoms with E-state index in [-0.39, 0.29) is 6.54 Å². The lowest BCUT2D eigenvalue weighted by molar-refractivity contribution is -0.152. The molecule has 0 aromatic heterocycles. The molecular weight excluding hydrogens is 390 g/mol. The normalized spacial score (nSPS) is 25.8. The second-order valence-corrected chi connectivity index (χ2v) is 8.49. The molecule has 0 unspecified atom stereocenters. The van der Waals surface area contributed by atoms with E-state index >= 15 is 0 Å². The molecule has 1 aromatic carbocycles. The van der Waals surface area contributed by atoms with Gasteiger partial charge in [0.15, 0.2) is 12.3 Å². The summed E-state index contributed by atoms with van der Waals surface area (Å²) in [7, 11) is 1.29. The number of amides is 1. The number of esters is 1. The Hall–Kier alpha value is -2.16. The summed E-state index contributed by atoms with van der Waals surface area (Å²) in [6.07, 6.45) is -0.576. The molecule has 0 aliphatic carbocycles. The van der Waals surface area contributed by atoms with Crippen molar-refractivity contribution in [1.29, 1.82) is 0 Å². The zero-order valence-electron chi connectivity index (χ0n) is 18.0. The van der Waals surface area contributed by atoms with Gasteiger partial charge in [0.05, 0.1) is 20.3 Å². The number of carbonyl (C=O) groups excluding carboxylic acids is 2. The van der Waals surface area contributed by atoms with E-state index < -0.39 is 42.2 Å². The molecule has 0 radical (unpaired) electrons. The lowest BCUT2D eigenvalue weighted by Crippen LogP contribution is -2.48. The average Bonchev–Trinajstić information content (AvgIpc) is 3.24. The first-order chi connectivity index (χ1) is 14.3. The van der Waals surface area contributed by atoms with Gasteiger partial charge in [-0.25, -0.2) is 9.59 Å². The molecule has 8 heteroatoms. The zero-order valence-corrected chi connectivity index (χ0v) is 18.0. The molecule has 30 heavy (non-hydrogen) atoms. The third-order valence-corrected chi connectivity index (χ3v) is 4.94. The fraction of sp³-hybridized carbons (Fsp3) is 0.636. The van der Waals surface area contributed by atoms with Gasteiger partial charge in [-0.2, -0.15) is 0 Å². The van der Waals surface area contributed by atoms with E-state index in [1.165, 1.54) is 12.0 Å². The maximum Gasteiger partial charge on any atom is 0.411 e. The van der Waals surface area contributed by atoms with Gasteiger partial charge in [0.1, 0.15) is 17.8 Å². The predicted octanol–water partition coefficient (Wildman–Crippen LogP) is 2.89. The molecule has 2 aliphatic heterocycles. The highest BCUT2D eigenvalue weighted by molar-refractivity contribution is 5.83. The number of methoxy groups -OCH3 is 1. The van der Waals surface area contributed by atoms with Gasteiger partial charge in [-0.3, -0.25) is 4.90 Å². The number of fused-ring (bicyclic) bond motifs is 1. The fourth-order valence-corrected chi connectivity index (χ4v) is 3.62. The van der Waals surface area contributed by atoms with Gasteiger partial charge < -0.3 is 23.7 Å². The Bertz CT molecular complexity index is 718. The van der Waals surface area contributed by atoms with E-state index in [0.29, 0.717) is 19.6 Å². The van der Waals surface area contributed by atoms with Gasteiger partial charge in [-0.15, -0.1) is 0 Å². The van der Waals surface area contributed by atoms with Crippen molar-refractivity contribution in [3.8, 4) is 0 Å². The summed E-state index contributed by atoms with van der Waals surface area (Å²) in [4.78, 5) is 26.2. The summed E-state index contributed by atoms with van der Waals surface area (Å²) in [6.45, 7) is 6.69. The Balaban J connectivity index is 1.48. The quantitative estimate of drug-likeness (QED) is 0.494. The van der Waals surface area contributed by atoms with Crippen LogP contribution in [0.2, 0.25) is 0 Å². The van der Waals surface area contributed by atoms with E-state index in [1.807, 2.05) is 30.3 Å². The van der Waals surface area contributed by atoms with Crippen LogP contribution in [-0.2, 0) is 35.1 Å². The smallest absolute Gasteiger partial charge is 0.411 e. The maximum absolute atomic E-state index is 12.5. The number of rotatable bonds is 7. The highest BCUT2D eigenvalue weighted by atomic mass is 16.7. The standard InChI is InChI=1S/C22H31NO7/c1-22(2,3)30-21(25)23-13-16-19(18(23)20(24)26-4)29-17(28-16)11-8-12-27-14-15-9-6-5-7-10-15/h5-7,9-10,16-19H,8,11-14H2,1-4H3/t16-,17-,18-,19-/m0/s1. The maximum atomic E-state index is 12.5. The molecular formula is C22H31NO7. The van der Waals surface area contributed by atoms with E-state index in [0.717, 1.165) is 12.0 Å². The molecule has 2 fully saturated rings. The molecule has 0 spiro atoms. The van der Waals surface area contributed by atoms with Crippen LogP contribution in [0.5, 0.6) is 0 Å². The SMILES string of the molecule is COC(=O)[C@@H]1[C@H]2O[C@@H](CCCOCc3ccccc3)O[C@H]2CN1C(=O)OC(C)(C)C. The summed E-state index contributed by atoms with van der Waals surface area (Å²) >= 11 is 0. The van der Waals surface area contributed by atoms with Gasteiger partial charge in [-0.1, -0.05) is 30.3 Å². The van der Waals surface area contributed by atoms with Crippen molar-refractivity contribution in [2.75, 3.05) is 20.3 Å². The summed E-state index contributed by atoms with van der Waals surface area (Å²) in [5.41, 5.74) is 0.461. The lowest BCUT2D eigenvalue weighted by Gasteiger charge is -2.29. The molecule has 0 saturated carbocycles. The number of ether oxygens (including phenoxy) is 5. The number of hydrogen-bond acceptors (Lipinski definition) is 7. The van der Waals surface area contributed by atoms with Gasteiger partial charge in [-0.05, 0) is 32.8 Å². The van der Waals surface area contributed by atoms with Crippen LogP contribution in [0.3, 0.4) is 0 Å². The molecule has 2 saturated heterocycles. The van der Waals surface area contributed by atoms with Crippen LogP contribution < -0.4 is 0 Å². The van der Waals surface area contributed by atoms with Gasteiger partial charge in [0.25, 0.3) is 0 Å². The van der Waals surface area contributed by atoms with Crippen molar-refractivity contribution in [3.63, 3.8) is 0 Å². The molecule has 0 N–H and O–H groups in total. The first kappa shape index (κ1) is 22.5. The largest absolute Gasteiger partial charge is 0.467 e. The van der Waals surface area contributed by atoms with Crippen molar-refractivity contribution in [2.45, 2.75) is 70.4 Å². The summed E-state index contributed by atoms with van der Waals surface area (Å²) in [5, 5.41) is 0. The van der Waals surface area contributed by atoms with Crippen LogP contribution in [0.1, 0.15) is 39.2 Å². The summed E-state index contributed by atoms with van der Waals surface area (Å²) in [6, 6.07) is 9.10. The minimum absolute atomic E-state index is 0.223. The van der Waals surface area contributed by atoms with Gasteiger partial charge >= 0.3 is 12.1 Å². The molecule has 3 rings (SSSR count). The van der Waals surface area contributed by atoms with E-state index in [2.05, 4.69) is 0 Å². The highest BCUT2D eigenvalue weighted by Gasteiger charge is 2.55. The molecule has 0 bridgehead atoms. The van der Waals surface area contributed by atoms with Crippen LogP contribution in [-0.4, -0.2) is 67.4 Å². The Morgan fingerprint density at radius 1 is 1.17 bits per heavy atom. The number of hydrogen-bond donors (Lipinski definition) is 0. The van der Waals surface area contributed by atoms with E-state index in [1.54, 1.807) is 20.8 Å². The fourth-order valence-electron chi connectivity index (χ4n) is 3.62. The minimum Gasteiger partial charge on any atom is -0.467 e. The first-order valence-electron chi connectivity index (χ1n) is 10.3. The number of benzene rings is 1. The van der Waals surface area contributed by atoms with Crippen LogP contribution >= 0.6 is 0 Å². The topological polar surface area (TPSA) is 83.5 Å². The number of nitrogens with zero attached hydrogens (tertiary/aromatic N) is 1. The van der Waals surface area contributed by atoms with E-state index in [9.17, 15) is 9.59 Å². The van der Waals surface area contributed by atoms with Crippen LogP contribution in [0.15, 0.2) is 30.3 Å². The highest BCUT2D eigenvalue weighted by Crippen LogP contribution is 2.34. The average molecular weight is 421 g/mol. The van der Waals surface area contributed by atoms with Crippen LogP contribution in [0.25, 0.3) is 0 Å². The molecule has 2 aliphatic rings. The second-order valence-electron chi connectivity index (χ2n) is 8.49. The minimum atomic E-state index is -0.880. The molecule has 8 nitrogen and oxygen atoms in total. The molecule has 2 heterocycles. The molecule has 4 atom stereocenters. The van der Waals surface area contributed by atoms with Crippen LogP contribution in [0.4, 0.5) is 4.79 Å². The first-order valence-corrected chi connectivity index (χ1v) is 10.3. The van der Waals surface area contributed by atoms with Crippen LogP contribution in [0, 0.1) is 0 Å². The Kier molecular flexibility index (Phi) is 7.33. The Morgan fingerprint density at radius 3 is 2.57 bits per heavy atom. The summed E-state index contributed by atoms with van der Waals surface area (Å²) in [5.74, 6) is -0.538. The van der Waals surface area contributed by atoms with Crippen molar-refractivity contribution < 1.29 is 33.3 Å². The van der Waals surface area contributed by atoms with E-state index in [4.69, 9.17) is 23.7 Å². The van der Waals surface area contributed by atoms with Crippen molar-refractivity contribution in [2.24, 2.45) is 0 Å². The van der Waals surface area contributed by atoms with Crippen molar-refractivity contribution in [1.82, 2.24) is 4.90 Å². The molecule has 166 valence electrons. The third-order valence-electron chi connectivity index (χ3n) is 4.94. The zero-order chi connectivity index (χ0) is 21.7. The van der Waals surface area contributed by atoms with Gasteiger partial charge in [0.2, 0.25) is 0 Å². The molecule has 1 aromatic rings. The Morgan fingerprint density at radius 2 is 1.90 bits per heavy atom. The van der Waals surface area contributed by atoms with Crippen molar-refractivity contribution >= 4 is 12.1 Å². The number of carbonyl (C=O) groups is 2. The van der Waals surface area contributed by atoms with Crippen molar-refractivity contribution in [3.05, 3.63) is 35.9 Å². The third kappa shape index (κ3) is 5.71. The predicted molar refractivity (Wildman–Crippen MR) is 108 cm³/mol. The Labute approximate surface area is 177 Å². The summed E-state index contributed by atoms with van der Waals surface area (Å²) < 4.78 is 27.9. The number of likely N-dealkylation sites (tertiary alicyclic amines) is 1. The monoisotopic (exact) mass is 421 g/mol.